The van der Waals surface area contributed by atoms with E-state index in [-0.39, 0.29) is 15.8 Å². The molecule has 7 heteroatoms. The highest BCUT2D eigenvalue weighted by Gasteiger charge is 2.28. The third-order valence-electron chi connectivity index (χ3n) is 5.22. The SMILES string of the molecule is CCCC[C@@H](CC)CNC(=O)c1ccc(Cl)c(S(=O)(=O)N2CCCCC2)c1. The van der Waals surface area contributed by atoms with Crippen LogP contribution in [0.1, 0.15) is 69.2 Å². The number of piperidine rings is 1. The smallest absolute Gasteiger partial charge is 0.251 e. The van der Waals surface area contributed by atoms with Crippen LogP contribution in [-0.2, 0) is 10.0 Å². The van der Waals surface area contributed by atoms with E-state index in [4.69, 9.17) is 11.6 Å². The van der Waals surface area contributed by atoms with Gasteiger partial charge in [-0.05, 0) is 43.4 Å². The minimum absolute atomic E-state index is 0.0248. The fourth-order valence-electron chi connectivity index (χ4n) is 3.37. The Morgan fingerprint density at radius 2 is 1.93 bits per heavy atom. The number of amides is 1. The number of hydrogen-bond acceptors (Lipinski definition) is 3. The molecule has 5 nitrogen and oxygen atoms in total. The quantitative estimate of drug-likeness (QED) is 0.648. The summed E-state index contributed by atoms with van der Waals surface area (Å²) in [5.41, 5.74) is 0.334. The molecule has 1 amide bonds. The summed E-state index contributed by atoms with van der Waals surface area (Å²) in [6, 6.07) is 4.50. The summed E-state index contributed by atoms with van der Waals surface area (Å²) >= 11 is 6.17. The molecule has 1 aliphatic rings. The molecule has 1 atom stereocenters. The maximum atomic E-state index is 12.9. The van der Waals surface area contributed by atoms with E-state index in [0.717, 1.165) is 44.9 Å². The monoisotopic (exact) mass is 414 g/mol. The predicted molar refractivity (Wildman–Crippen MR) is 110 cm³/mol. The summed E-state index contributed by atoms with van der Waals surface area (Å²) in [6.07, 6.45) is 7.13. The third-order valence-corrected chi connectivity index (χ3v) is 7.60. The van der Waals surface area contributed by atoms with E-state index in [2.05, 4.69) is 19.2 Å². The number of rotatable bonds is 9. The lowest BCUT2D eigenvalue weighted by atomic mass is 9.99. The van der Waals surface area contributed by atoms with Gasteiger partial charge in [0, 0.05) is 25.2 Å². The molecule has 0 saturated carbocycles. The number of nitrogens with one attached hydrogen (secondary N) is 1. The normalized spacial score (nSPS) is 16.9. The number of halogens is 1. The van der Waals surface area contributed by atoms with E-state index < -0.39 is 10.0 Å². The maximum Gasteiger partial charge on any atom is 0.251 e. The van der Waals surface area contributed by atoms with Crippen LogP contribution in [0, 0.1) is 5.92 Å². The summed E-state index contributed by atoms with van der Waals surface area (Å²) in [7, 11) is -3.68. The second kappa shape index (κ2) is 10.4. The minimum atomic E-state index is -3.68. The van der Waals surface area contributed by atoms with Crippen LogP contribution < -0.4 is 5.32 Å². The van der Waals surface area contributed by atoms with Gasteiger partial charge in [0.05, 0.1) is 5.02 Å². The topological polar surface area (TPSA) is 66.5 Å². The number of benzene rings is 1. The van der Waals surface area contributed by atoms with Crippen LogP contribution >= 0.6 is 11.6 Å². The van der Waals surface area contributed by atoms with Crippen LogP contribution in [0.4, 0.5) is 0 Å². The van der Waals surface area contributed by atoms with Gasteiger partial charge in [-0.1, -0.05) is 51.1 Å². The highest BCUT2D eigenvalue weighted by atomic mass is 35.5. The lowest BCUT2D eigenvalue weighted by Crippen LogP contribution is -2.36. The van der Waals surface area contributed by atoms with E-state index in [1.54, 1.807) is 6.07 Å². The van der Waals surface area contributed by atoms with Crippen molar-refractivity contribution in [1.29, 1.82) is 0 Å². The van der Waals surface area contributed by atoms with Gasteiger partial charge in [-0.15, -0.1) is 0 Å². The largest absolute Gasteiger partial charge is 0.352 e. The van der Waals surface area contributed by atoms with E-state index >= 15 is 0 Å². The molecule has 152 valence electrons. The summed E-state index contributed by atoms with van der Waals surface area (Å²) in [5, 5.41) is 3.10. The van der Waals surface area contributed by atoms with Crippen molar-refractivity contribution in [2.45, 2.75) is 63.7 Å². The van der Waals surface area contributed by atoms with Crippen LogP contribution in [0.5, 0.6) is 0 Å². The fourth-order valence-corrected chi connectivity index (χ4v) is 5.39. The van der Waals surface area contributed by atoms with Crippen molar-refractivity contribution in [2.75, 3.05) is 19.6 Å². The highest BCUT2D eigenvalue weighted by Crippen LogP contribution is 2.28. The van der Waals surface area contributed by atoms with Crippen LogP contribution in [0.2, 0.25) is 5.02 Å². The molecule has 1 heterocycles. The summed E-state index contributed by atoms with van der Waals surface area (Å²) in [4.78, 5) is 12.6. The van der Waals surface area contributed by atoms with Crippen molar-refractivity contribution in [2.24, 2.45) is 5.92 Å². The first-order valence-corrected chi connectivity index (χ1v) is 11.8. The molecule has 0 radical (unpaired) electrons. The van der Waals surface area contributed by atoms with Gasteiger partial charge in [0.2, 0.25) is 10.0 Å². The second-order valence-electron chi connectivity index (χ2n) is 7.24. The molecule has 1 fully saturated rings. The third kappa shape index (κ3) is 5.93. The molecule has 0 aromatic heterocycles. The minimum Gasteiger partial charge on any atom is -0.352 e. The first kappa shape index (κ1) is 22.2. The number of unbranched alkanes of at least 4 members (excludes halogenated alkanes) is 1. The zero-order valence-electron chi connectivity index (χ0n) is 16.3. The lowest BCUT2D eigenvalue weighted by Gasteiger charge is -2.26. The average Bonchev–Trinajstić information content (AvgIpc) is 2.68. The number of carbonyl (C=O) groups excluding carboxylic acids is 1. The Bertz CT molecular complexity index is 731. The maximum absolute atomic E-state index is 12.9. The summed E-state index contributed by atoms with van der Waals surface area (Å²) in [6.45, 7) is 5.89. The first-order chi connectivity index (χ1) is 12.9. The zero-order chi connectivity index (χ0) is 19.9. The van der Waals surface area contributed by atoms with Gasteiger partial charge >= 0.3 is 0 Å². The fraction of sp³-hybridized carbons (Fsp3) is 0.650. The molecule has 0 aliphatic carbocycles. The molecule has 2 rings (SSSR count). The van der Waals surface area contributed by atoms with Gasteiger partial charge in [-0.2, -0.15) is 4.31 Å². The second-order valence-corrected chi connectivity index (χ2v) is 9.55. The Balaban J connectivity index is 2.12. The molecule has 0 bridgehead atoms. The Kier molecular flexibility index (Phi) is 8.58. The van der Waals surface area contributed by atoms with E-state index in [9.17, 15) is 13.2 Å². The van der Waals surface area contributed by atoms with E-state index in [1.807, 2.05) is 0 Å². The summed E-state index contributed by atoms with van der Waals surface area (Å²) in [5.74, 6) is 0.189. The van der Waals surface area contributed by atoms with E-state index in [0.29, 0.717) is 31.1 Å². The Morgan fingerprint density at radius 3 is 2.56 bits per heavy atom. The number of sulfonamides is 1. The Hall–Kier alpha value is -1.11. The number of nitrogens with zero attached hydrogens (tertiary/aromatic N) is 1. The Morgan fingerprint density at radius 1 is 1.22 bits per heavy atom. The molecular weight excluding hydrogens is 384 g/mol. The van der Waals surface area contributed by atoms with Crippen LogP contribution in [0.15, 0.2) is 23.1 Å². The van der Waals surface area contributed by atoms with Crippen molar-refractivity contribution in [3.63, 3.8) is 0 Å². The van der Waals surface area contributed by atoms with E-state index in [1.165, 1.54) is 16.4 Å². The van der Waals surface area contributed by atoms with Crippen molar-refractivity contribution in [1.82, 2.24) is 9.62 Å². The first-order valence-electron chi connectivity index (χ1n) is 9.98. The van der Waals surface area contributed by atoms with Gasteiger partial charge in [0.25, 0.3) is 5.91 Å². The molecule has 1 aromatic rings. The van der Waals surface area contributed by atoms with Crippen LogP contribution in [-0.4, -0.2) is 38.3 Å². The molecule has 0 spiro atoms. The van der Waals surface area contributed by atoms with Gasteiger partial charge in [0.1, 0.15) is 4.90 Å². The molecule has 1 aromatic carbocycles. The molecule has 27 heavy (non-hydrogen) atoms. The molecule has 0 unspecified atom stereocenters. The molecule has 1 N–H and O–H groups in total. The van der Waals surface area contributed by atoms with Gasteiger partial charge < -0.3 is 5.32 Å². The summed E-state index contributed by atoms with van der Waals surface area (Å²) < 4.78 is 27.3. The molecule has 1 saturated heterocycles. The van der Waals surface area contributed by atoms with Gasteiger partial charge in [0.15, 0.2) is 0 Å². The number of hydrogen-bond donors (Lipinski definition) is 1. The zero-order valence-corrected chi connectivity index (χ0v) is 17.9. The standard InChI is InChI=1S/C20H31ClN2O3S/c1-3-5-9-16(4-2)15-22-20(24)17-10-11-18(21)19(14-17)27(25,26)23-12-7-6-8-13-23/h10-11,14,16H,3-9,12-13,15H2,1-2H3,(H,22,24)/t16-/m1/s1. The van der Waals surface area contributed by atoms with Crippen LogP contribution in [0.3, 0.4) is 0 Å². The molecule has 1 aliphatic heterocycles. The van der Waals surface area contributed by atoms with Crippen molar-refractivity contribution < 1.29 is 13.2 Å². The van der Waals surface area contributed by atoms with Gasteiger partial charge in [-0.25, -0.2) is 8.42 Å². The van der Waals surface area contributed by atoms with Crippen LogP contribution in [0.25, 0.3) is 0 Å². The van der Waals surface area contributed by atoms with Crippen molar-refractivity contribution >= 4 is 27.5 Å². The predicted octanol–water partition coefficient (Wildman–Crippen LogP) is 4.46. The molecular formula is C20H31ClN2O3S. The van der Waals surface area contributed by atoms with Gasteiger partial charge in [-0.3, -0.25) is 4.79 Å². The van der Waals surface area contributed by atoms with Crippen molar-refractivity contribution in [3.05, 3.63) is 28.8 Å². The average molecular weight is 415 g/mol. The Labute approximate surface area is 168 Å². The highest BCUT2D eigenvalue weighted by molar-refractivity contribution is 7.89. The van der Waals surface area contributed by atoms with Crippen molar-refractivity contribution in [3.8, 4) is 0 Å². The lowest BCUT2D eigenvalue weighted by molar-refractivity contribution is 0.0945. The number of carbonyl (C=O) groups is 1.